The number of aliphatic hydroxyl groups excluding tert-OH is 9. The highest BCUT2D eigenvalue weighted by atomic mass is 16.8. The molecule has 3 aliphatic rings. The van der Waals surface area contributed by atoms with Gasteiger partial charge in [-0.15, -0.1) is 0 Å². The number of ether oxygens (including phenoxy) is 5. The van der Waals surface area contributed by atoms with Crippen LogP contribution in [0, 0.1) is 0 Å². The summed E-state index contributed by atoms with van der Waals surface area (Å²) in [6, 6.07) is 0. The van der Waals surface area contributed by atoms with Crippen LogP contribution in [0.5, 0.6) is 0 Å². The van der Waals surface area contributed by atoms with Gasteiger partial charge in [0, 0.05) is 6.54 Å². The number of aliphatic hydroxyl groups is 9. The van der Waals surface area contributed by atoms with Crippen molar-refractivity contribution in [3.05, 3.63) is 0 Å². The van der Waals surface area contributed by atoms with Crippen molar-refractivity contribution in [3.63, 3.8) is 0 Å². The van der Waals surface area contributed by atoms with Crippen LogP contribution in [0.3, 0.4) is 0 Å². The molecule has 0 aliphatic carbocycles. The third kappa shape index (κ3) is 5.93. The van der Waals surface area contributed by atoms with Crippen molar-refractivity contribution in [2.45, 2.75) is 98.9 Å². The lowest BCUT2D eigenvalue weighted by Gasteiger charge is -2.48. The largest absolute Gasteiger partial charge is 0.394 e. The molecule has 3 saturated heterocycles. The maximum atomic E-state index is 10.7. The lowest BCUT2D eigenvalue weighted by molar-refractivity contribution is -0.381. The van der Waals surface area contributed by atoms with Gasteiger partial charge in [0.15, 0.2) is 12.6 Å². The van der Waals surface area contributed by atoms with Gasteiger partial charge in [-0.1, -0.05) is 0 Å². The second-order valence-corrected chi connectivity index (χ2v) is 8.83. The fraction of sp³-hybridized carbons (Fsp3) is 1.00. The van der Waals surface area contributed by atoms with E-state index in [0.717, 1.165) is 0 Å². The number of nitrogens with one attached hydrogen (secondary N) is 1. The molecule has 0 radical (unpaired) electrons. The summed E-state index contributed by atoms with van der Waals surface area (Å²) in [6.07, 6.45) is -22.8. The molecule has 206 valence electrons. The van der Waals surface area contributed by atoms with E-state index in [-0.39, 0.29) is 6.54 Å². The summed E-state index contributed by atoms with van der Waals surface area (Å²) >= 11 is 0. The van der Waals surface area contributed by atoms with Gasteiger partial charge in [0.25, 0.3) is 0 Å². The van der Waals surface area contributed by atoms with Gasteiger partial charge in [0.2, 0.25) is 0 Å². The summed E-state index contributed by atoms with van der Waals surface area (Å²) in [6.45, 7) is -0.340. The van der Waals surface area contributed by atoms with Crippen molar-refractivity contribution in [2.24, 2.45) is 0 Å². The number of hydroxylamine groups is 1. The third-order valence-electron chi connectivity index (χ3n) is 6.47. The number of hydrogen-bond donors (Lipinski definition) is 11. The zero-order valence-corrected chi connectivity index (χ0v) is 18.8. The van der Waals surface area contributed by atoms with Crippen LogP contribution >= 0.6 is 0 Å². The minimum atomic E-state index is -1.80. The molecule has 16 heteroatoms. The Balaban J connectivity index is 1.82. The molecule has 0 spiro atoms. The first kappa shape index (κ1) is 28.9. The molecule has 0 aromatic heterocycles. The van der Waals surface area contributed by atoms with E-state index in [4.69, 9.17) is 28.9 Å². The van der Waals surface area contributed by atoms with Crippen molar-refractivity contribution < 1.29 is 74.9 Å². The van der Waals surface area contributed by atoms with Gasteiger partial charge >= 0.3 is 0 Å². The van der Waals surface area contributed by atoms with Crippen LogP contribution in [-0.4, -0.2) is 163 Å². The topological polar surface area (TPSA) is 260 Å². The average molecular weight is 517 g/mol. The minimum Gasteiger partial charge on any atom is -0.394 e. The van der Waals surface area contributed by atoms with Crippen LogP contribution in [0.1, 0.15) is 6.92 Å². The second kappa shape index (κ2) is 12.3. The Labute approximate surface area is 199 Å². The van der Waals surface area contributed by atoms with Crippen molar-refractivity contribution in [1.82, 2.24) is 5.48 Å². The summed E-state index contributed by atoms with van der Waals surface area (Å²) in [5.41, 5.74) is 1.79. The van der Waals surface area contributed by atoms with Crippen LogP contribution in [0.25, 0.3) is 0 Å². The van der Waals surface area contributed by atoms with Crippen molar-refractivity contribution in [1.29, 1.82) is 0 Å². The van der Waals surface area contributed by atoms with Gasteiger partial charge in [-0.3, -0.25) is 0 Å². The van der Waals surface area contributed by atoms with E-state index in [9.17, 15) is 46.0 Å². The van der Waals surface area contributed by atoms with E-state index < -0.39 is 105 Å². The summed E-state index contributed by atoms with van der Waals surface area (Å²) < 4.78 is 27.6. The molecule has 16 nitrogen and oxygen atoms in total. The molecule has 0 saturated carbocycles. The lowest BCUT2D eigenvalue weighted by atomic mass is 9.94. The van der Waals surface area contributed by atoms with Gasteiger partial charge < -0.3 is 74.9 Å². The summed E-state index contributed by atoms with van der Waals surface area (Å²) in [7, 11) is 0. The lowest BCUT2D eigenvalue weighted by Crippen LogP contribution is -2.67. The predicted octanol–water partition coefficient (Wildman–Crippen LogP) is -6.52. The highest BCUT2D eigenvalue weighted by molar-refractivity contribution is 4.97. The van der Waals surface area contributed by atoms with Crippen LogP contribution in [-0.2, 0) is 23.7 Å². The van der Waals surface area contributed by atoms with E-state index in [1.807, 2.05) is 0 Å². The molecule has 3 aliphatic heterocycles. The zero-order valence-electron chi connectivity index (χ0n) is 18.8. The smallest absolute Gasteiger partial charge is 0.187 e. The molecule has 0 aromatic carbocycles. The normalized spacial score (nSPS) is 51.3. The van der Waals surface area contributed by atoms with Crippen LogP contribution < -0.4 is 5.48 Å². The number of hydrogen-bond acceptors (Lipinski definition) is 16. The molecule has 0 amide bonds. The molecule has 0 aromatic rings. The predicted molar refractivity (Wildman–Crippen MR) is 107 cm³/mol. The first-order valence-corrected chi connectivity index (χ1v) is 11.2. The van der Waals surface area contributed by atoms with E-state index in [2.05, 4.69) is 0 Å². The highest BCUT2D eigenvalue weighted by Crippen LogP contribution is 2.32. The fourth-order valence-electron chi connectivity index (χ4n) is 4.34. The van der Waals surface area contributed by atoms with E-state index in [1.54, 1.807) is 5.48 Å². The Hall–Kier alpha value is -0.640. The van der Waals surface area contributed by atoms with Gasteiger partial charge in [-0.05, 0) is 6.92 Å². The Morgan fingerprint density at radius 3 is 1.77 bits per heavy atom. The van der Waals surface area contributed by atoms with Crippen molar-refractivity contribution >= 4 is 0 Å². The van der Waals surface area contributed by atoms with Crippen LogP contribution in [0.2, 0.25) is 0 Å². The van der Waals surface area contributed by atoms with Crippen molar-refractivity contribution in [3.8, 4) is 0 Å². The van der Waals surface area contributed by atoms with E-state index >= 15 is 0 Å². The first-order chi connectivity index (χ1) is 16.5. The quantitative estimate of drug-likeness (QED) is 0.134. The maximum absolute atomic E-state index is 10.7. The van der Waals surface area contributed by atoms with Crippen LogP contribution in [0.4, 0.5) is 0 Å². The second-order valence-electron chi connectivity index (χ2n) is 8.83. The molecule has 15 atom stereocenters. The maximum Gasteiger partial charge on any atom is 0.187 e. The Morgan fingerprint density at radius 2 is 1.17 bits per heavy atom. The molecule has 0 bridgehead atoms. The number of rotatable bonds is 8. The van der Waals surface area contributed by atoms with E-state index in [1.165, 1.54) is 6.92 Å². The van der Waals surface area contributed by atoms with Crippen molar-refractivity contribution in [2.75, 3.05) is 19.8 Å². The Morgan fingerprint density at radius 1 is 0.600 bits per heavy atom. The Bertz CT molecular complexity index is 660. The van der Waals surface area contributed by atoms with Crippen LogP contribution in [0.15, 0.2) is 0 Å². The fourth-order valence-corrected chi connectivity index (χ4v) is 4.34. The molecule has 3 fully saturated rings. The van der Waals surface area contributed by atoms with Gasteiger partial charge in [0.05, 0.1) is 19.3 Å². The monoisotopic (exact) mass is 517 g/mol. The van der Waals surface area contributed by atoms with Gasteiger partial charge in [0.1, 0.15) is 73.2 Å². The molecule has 11 N–H and O–H groups in total. The zero-order chi connectivity index (χ0) is 26.0. The van der Waals surface area contributed by atoms with Gasteiger partial charge in [-0.25, -0.2) is 5.48 Å². The standard InChI is InChI=1S/C19H35NO15/c1-5-9(23)12(26)15(29)18(31-5)35-17-14(28)11(25)7(3-21)33-19(17)34-16-8(4-22)32-6(2-20-30)10(24)13(16)27/h5-30H,2-4H2,1H3. The first-order valence-electron chi connectivity index (χ1n) is 11.2. The molecule has 35 heavy (non-hydrogen) atoms. The summed E-state index contributed by atoms with van der Waals surface area (Å²) in [4.78, 5) is 0. The average Bonchev–Trinajstić information content (AvgIpc) is 2.84. The summed E-state index contributed by atoms with van der Waals surface area (Å²) in [5, 5.41) is 100. The Kier molecular flexibility index (Phi) is 10.1. The molecular weight excluding hydrogens is 482 g/mol. The highest BCUT2D eigenvalue weighted by Gasteiger charge is 2.53. The van der Waals surface area contributed by atoms with E-state index in [0.29, 0.717) is 0 Å². The minimum absolute atomic E-state index is 0.284. The third-order valence-corrected chi connectivity index (χ3v) is 6.47. The molecule has 3 heterocycles. The van der Waals surface area contributed by atoms with Gasteiger partial charge in [-0.2, -0.15) is 0 Å². The molecular formula is C19H35NO15. The SMILES string of the molecule is CC1OC(OC2C(OC3C(CO)OC(CNO)C(O)C3O)OC(CO)C(O)C2O)C(O)C(O)C1O. The molecule has 15 unspecified atom stereocenters. The molecule has 3 rings (SSSR count). The summed E-state index contributed by atoms with van der Waals surface area (Å²) in [5.74, 6) is 0.